The van der Waals surface area contributed by atoms with Crippen LogP contribution in [0.15, 0.2) is 45.0 Å². The monoisotopic (exact) mass is 374 g/mol. The lowest BCUT2D eigenvalue weighted by molar-refractivity contribution is 0.408. The summed E-state index contributed by atoms with van der Waals surface area (Å²) in [6.45, 7) is 0. The number of rotatable bonds is 3. The van der Waals surface area contributed by atoms with Crippen LogP contribution >= 0.6 is 39.1 Å². The summed E-state index contributed by atoms with van der Waals surface area (Å²) in [6.07, 6.45) is 0. The molecule has 0 aliphatic heterocycles. The van der Waals surface area contributed by atoms with Crippen LogP contribution in [-0.2, 0) is 0 Å². The van der Waals surface area contributed by atoms with Crippen molar-refractivity contribution < 1.29 is 9.84 Å². The molecule has 7 heteroatoms. The molecule has 0 unspecified atom stereocenters. The molecule has 2 aromatic rings. The Kier molecular flexibility index (Phi) is 4.86. The predicted octanol–water partition coefficient (Wildman–Crippen LogP) is 5.89. The van der Waals surface area contributed by atoms with Gasteiger partial charge in [-0.15, -0.1) is 10.2 Å². The van der Waals surface area contributed by atoms with Gasteiger partial charge in [0.25, 0.3) is 0 Å². The van der Waals surface area contributed by atoms with Crippen molar-refractivity contribution in [2.75, 3.05) is 7.11 Å². The van der Waals surface area contributed by atoms with E-state index in [2.05, 4.69) is 26.2 Å². The standard InChI is InChI=1S/C13H9BrCl2N2O2/c1-20-13-6-12(19)8(14)5-11(13)18-17-10-4-7(15)2-3-9(10)16/h2-6,19H,1H3. The smallest absolute Gasteiger partial charge is 0.150 e. The molecule has 2 rings (SSSR count). The van der Waals surface area contributed by atoms with Crippen molar-refractivity contribution in [1.29, 1.82) is 0 Å². The average Bonchev–Trinajstić information content (AvgIpc) is 2.43. The van der Waals surface area contributed by atoms with Gasteiger partial charge in [0.1, 0.15) is 22.9 Å². The number of aromatic hydroxyl groups is 1. The van der Waals surface area contributed by atoms with Crippen LogP contribution in [0.2, 0.25) is 10.0 Å². The maximum atomic E-state index is 9.58. The molecule has 104 valence electrons. The van der Waals surface area contributed by atoms with Crippen LogP contribution in [0.25, 0.3) is 0 Å². The Morgan fingerprint density at radius 1 is 1.10 bits per heavy atom. The van der Waals surface area contributed by atoms with E-state index in [1.54, 1.807) is 24.3 Å². The average molecular weight is 376 g/mol. The van der Waals surface area contributed by atoms with Gasteiger partial charge in [0.15, 0.2) is 0 Å². The Labute approximate surface area is 134 Å². The van der Waals surface area contributed by atoms with Crippen LogP contribution in [0, 0.1) is 0 Å². The highest BCUT2D eigenvalue weighted by atomic mass is 79.9. The summed E-state index contributed by atoms with van der Waals surface area (Å²) >= 11 is 15.1. The number of azo groups is 1. The van der Waals surface area contributed by atoms with Crippen LogP contribution in [0.4, 0.5) is 11.4 Å². The first-order valence-electron chi connectivity index (χ1n) is 5.44. The van der Waals surface area contributed by atoms with Gasteiger partial charge in [0.05, 0.1) is 16.6 Å². The fraction of sp³-hybridized carbons (Fsp3) is 0.0769. The van der Waals surface area contributed by atoms with Gasteiger partial charge in [0.2, 0.25) is 0 Å². The number of hydrogen-bond acceptors (Lipinski definition) is 4. The van der Waals surface area contributed by atoms with E-state index in [0.29, 0.717) is 31.6 Å². The minimum atomic E-state index is 0.0570. The Morgan fingerprint density at radius 2 is 1.80 bits per heavy atom. The lowest BCUT2D eigenvalue weighted by atomic mass is 10.3. The zero-order chi connectivity index (χ0) is 14.7. The lowest BCUT2D eigenvalue weighted by Gasteiger charge is -2.06. The number of hydrogen-bond donors (Lipinski definition) is 1. The summed E-state index contributed by atoms with van der Waals surface area (Å²) in [4.78, 5) is 0. The van der Waals surface area contributed by atoms with Crippen molar-refractivity contribution in [2.24, 2.45) is 10.2 Å². The van der Waals surface area contributed by atoms with Crippen molar-refractivity contribution in [1.82, 2.24) is 0 Å². The second kappa shape index (κ2) is 6.43. The fourth-order valence-electron chi connectivity index (χ4n) is 1.44. The van der Waals surface area contributed by atoms with E-state index < -0.39 is 0 Å². The molecule has 0 aromatic heterocycles. The SMILES string of the molecule is COc1cc(O)c(Br)cc1N=Nc1cc(Cl)ccc1Cl. The molecular weight excluding hydrogens is 367 g/mol. The zero-order valence-corrected chi connectivity index (χ0v) is 13.4. The van der Waals surface area contributed by atoms with E-state index in [9.17, 15) is 5.11 Å². The van der Waals surface area contributed by atoms with Crippen molar-refractivity contribution in [3.8, 4) is 11.5 Å². The van der Waals surface area contributed by atoms with Crippen molar-refractivity contribution in [3.63, 3.8) is 0 Å². The number of nitrogens with zero attached hydrogens (tertiary/aromatic N) is 2. The van der Waals surface area contributed by atoms with Crippen LogP contribution in [0.1, 0.15) is 0 Å². The molecule has 1 N–H and O–H groups in total. The normalized spacial score (nSPS) is 11.0. The summed E-state index contributed by atoms with van der Waals surface area (Å²) in [7, 11) is 1.48. The number of phenols is 1. The van der Waals surface area contributed by atoms with Crippen LogP contribution < -0.4 is 4.74 Å². The Hall–Kier alpha value is -1.30. The van der Waals surface area contributed by atoms with Gasteiger partial charge in [-0.05, 0) is 40.2 Å². The third-order valence-electron chi connectivity index (χ3n) is 2.42. The molecule has 4 nitrogen and oxygen atoms in total. The van der Waals surface area contributed by atoms with Gasteiger partial charge in [-0.1, -0.05) is 23.2 Å². The molecule has 0 saturated carbocycles. The molecule has 0 amide bonds. The maximum Gasteiger partial charge on any atom is 0.150 e. The van der Waals surface area contributed by atoms with Gasteiger partial charge in [-0.3, -0.25) is 0 Å². The van der Waals surface area contributed by atoms with Crippen molar-refractivity contribution >= 4 is 50.5 Å². The molecule has 0 bridgehead atoms. The quantitative estimate of drug-likeness (QED) is 0.680. The van der Waals surface area contributed by atoms with Crippen molar-refractivity contribution in [2.45, 2.75) is 0 Å². The maximum absolute atomic E-state index is 9.58. The summed E-state index contributed by atoms with van der Waals surface area (Å²) in [5.74, 6) is 0.453. The van der Waals surface area contributed by atoms with E-state index in [-0.39, 0.29) is 5.75 Å². The number of ether oxygens (including phenoxy) is 1. The van der Waals surface area contributed by atoms with Gasteiger partial charge in [0, 0.05) is 11.1 Å². The van der Waals surface area contributed by atoms with E-state index in [0.717, 1.165) is 0 Å². The Morgan fingerprint density at radius 3 is 2.50 bits per heavy atom. The molecule has 0 saturated heterocycles. The summed E-state index contributed by atoms with van der Waals surface area (Å²) in [5, 5.41) is 18.6. The second-order valence-electron chi connectivity index (χ2n) is 3.77. The van der Waals surface area contributed by atoms with E-state index in [4.69, 9.17) is 27.9 Å². The minimum Gasteiger partial charge on any atom is -0.507 e. The third kappa shape index (κ3) is 3.42. The molecule has 0 heterocycles. The molecule has 0 fully saturated rings. The molecule has 0 atom stereocenters. The van der Waals surface area contributed by atoms with Crippen LogP contribution in [0.3, 0.4) is 0 Å². The first-order chi connectivity index (χ1) is 9.51. The third-order valence-corrected chi connectivity index (χ3v) is 3.61. The van der Waals surface area contributed by atoms with Gasteiger partial charge < -0.3 is 9.84 Å². The molecule has 0 spiro atoms. The predicted molar refractivity (Wildman–Crippen MR) is 83.0 cm³/mol. The number of methoxy groups -OCH3 is 1. The Balaban J connectivity index is 2.40. The largest absolute Gasteiger partial charge is 0.507 e. The summed E-state index contributed by atoms with van der Waals surface area (Å²) in [5.41, 5.74) is 0.902. The van der Waals surface area contributed by atoms with Gasteiger partial charge >= 0.3 is 0 Å². The number of phenolic OH excluding ortho intramolecular Hbond substituents is 1. The molecule has 0 aliphatic carbocycles. The minimum absolute atomic E-state index is 0.0570. The van der Waals surface area contributed by atoms with Gasteiger partial charge in [-0.25, -0.2) is 0 Å². The summed E-state index contributed by atoms with van der Waals surface area (Å²) < 4.78 is 5.62. The highest BCUT2D eigenvalue weighted by Crippen LogP contribution is 2.38. The summed E-state index contributed by atoms with van der Waals surface area (Å²) in [6, 6.07) is 7.95. The molecule has 2 aromatic carbocycles. The molecule has 0 aliphatic rings. The molecular formula is C13H9BrCl2N2O2. The van der Waals surface area contributed by atoms with E-state index in [1.165, 1.54) is 13.2 Å². The lowest BCUT2D eigenvalue weighted by Crippen LogP contribution is -1.83. The zero-order valence-electron chi connectivity index (χ0n) is 10.3. The van der Waals surface area contributed by atoms with E-state index >= 15 is 0 Å². The topological polar surface area (TPSA) is 54.2 Å². The first-order valence-corrected chi connectivity index (χ1v) is 6.99. The fourth-order valence-corrected chi connectivity index (χ4v) is 2.10. The molecule has 0 radical (unpaired) electrons. The first kappa shape index (κ1) is 15.1. The second-order valence-corrected chi connectivity index (χ2v) is 5.47. The highest BCUT2D eigenvalue weighted by Gasteiger charge is 2.08. The Bertz CT molecular complexity index is 678. The number of halogens is 3. The number of benzene rings is 2. The van der Waals surface area contributed by atoms with E-state index in [1.807, 2.05) is 0 Å². The molecule has 20 heavy (non-hydrogen) atoms. The van der Waals surface area contributed by atoms with Gasteiger partial charge in [-0.2, -0.15) is 0 Å². The van der Waals surface area contributed by atoms with Crippen LogP contribution in [-0.4, -0.2) is 12.2 Å². The highest BCUT2D eigenvalue weighted by molar-refractivity contribution is 9.10. The van der Waals surface area contributed by atoms with Crippen LogP contribution in [0.5, 0.6) is 11.5 Å². The van der Waals surface area contributed by atoms with Crippen molar-refractivity contribution in [3.05, 3.63) is 44.8 Å².